The first-order chi connectivity index (χ1) is 9.90. The highest BCUT2D eigenvalue weighted by Crippen LogP contribution is 2.09. The number of esters is 1. The molecule has 0 aliphatic heterocycles. The molecule has 0 heterocycles. The average molecular weight is 292 g/mol. The normalized spacial score (nSPS) is 9.57. The number of aromatic carboxylic acids is 1. The summed E-state index contributed by atoms with van der Waals surface area (Å²) >= 11 is 0. The smallest absolute Gasteiger partial charge is 0.335 e. The first kappa shape index (κ1) is 16.2. The Morgan fingerprint density at radius 1 is 1.24 bits per heavy atom. The molecule has 0 saturated heterocycles. The predicted octanol–water partition coefficient (Wildman–Crippen LogP) is 1.63. The summed E-state index contributed by atoms with van der Waals surface area (Å²) in [5.74, 6) is -1.55. The summed E-state index contributed by atoms with van der Waals surface area (Å²) in [5, 5.41) is 13.7. The van der Waals surface area contributed by atoms with Gasteiger partial charge in [-0.25, -0.2) is 14.4 Å². The Labute approximate surface area is 121 Å². The molecule has 1 aromatic carbocycles. The second-order valence-corrected chi connectivity index (χ2v) is 4.18. The molecule has 7 nitrogen and oxygen atoms in total. The van der Waals surface area contributed by atoms with Crippen molar-refractivity contribution in [2.45, 2.75) is 6.92 Å². The molecule has 0 bridgehead atoms. The fourth-order valence-electron chi connectivity index (χ4n) is 1.30. The molecule has 2 amide bonds. The van der Waals surface area contributed by atoms with Crippen molar-refractivity contribution in [3.8, 4) is 0 Å². The molecule has 0 radical (unpaired) electrons. The minimum Gasteiger partial charge on any atom is -0.478 e. The number of nitrogens with one attached hydrogen (secondary N) is 2. The van der Waals surface area contributed by atoms with Crippen molar-refractivity contribution >= 4 is 23.7 Å². The number of anilines is 1. The second-order valence-electron chi connectivity index (χ2n) is 4.18. The monoisotopic (exact) mass is 292 g/mol. The number of amides is 2. The highest BCUT2D eigenvalue weighted by Gasteiger charge is 2.05. The largest absolute Gasteiger partial charge is 0.478 e. The summed E-state index contributed by atoms with van der Waals surface area (Å²) in [6.07, 6.45) is 0. The molecule has 1 aromatic rings. The van der Waals surface area contributed by atoms with Crippen LogP contribution in [0.1, 0.15) is 17.3 Å². The van der Waals surface area contributed by atoms with E-state index in [1.54, 1.807) is 0 Å². The zero-order valence-electron chi connectivity index (χ0n) is 11.5. The SMILES string of the molecule is C=C(C)C(=O)OCCNC(=O)Nc1ccc(C(=O)O)cc1. The number of carboxylic acid groups (broad SMARTS) is 1. The van der Waals surface area contributed by atoms with Gasteiger partial charge in [0.1, 0.15) is 6.61 Å². The first-order valence-electron chi connectivity index (χ1n) is 6.11. The van der Waals surface area contributed by atoms with Gasteiger partial charge in [0.05, 0.1) is 12.1 Å². The van der Waals surface area contributed by atoms with Gasteiger partial charge in [0.2, 0.25) is 0 Å². The van der Waals surface area contributed by atoms with Crippen LogP contribution in [0.5, 0.6) is 0 Å². The van der Waals surface area contributed by atoms with Crippen LogP contribution in [0.4, 0.5) is 10.5 Å². The van der Waals surface area contributed by atoms with Crippen molar-refractivity contribution in [1.82, 2.24) is 5.32 Å². The summed E-state index contributed by atoms with van der Waals surface area (Å²) in [5.41, 5.74) is 0.877. The lowest BCUT2D eigenvalue weighted by Gasteiger charge is -2.08. The number of urea groups is 1. The van der Waals surface area contributed by atoms with Gasteiger partial charge in [0.25, 0.3) is 0 Å². The molecule has 0 aliphatic rings. The van der Waals surface area contributed by atoms with E-state index < -0.39 is 18.0 Å². The fourth-order valence-corrected chi connectivity index (χ4v) is 1.30. The lowest BCUT2D eigenvalue weighted by Crippen LogP contribution is -2.32. The van der Waals surface area contributed by atoms with Crippen LogP contribution < -0.4 is 10.6 Å². The highest BCUT2D eigenvalue weighted by molar-refractivity contribution is 5.91. The Morgan fingerprint density at radius 3 is 2.38 bits per heavy atom. The molecular weight excluding hydrogens is 276 g/mol. The van der Waals surface area contributed by atoms with E-state index in [4.69, 9.17) is 9.84 Å². The Kier molecular flexibility index (Phi) is 5.94. The van der Waals surface area contributed by atoms with Gasteiger partial charge in [-0.3, -0.25) is 0 Å². The van der Waals surface area contributed by atoms with Crippen LogP contribution in [-0.2, 0) is 9.53 Å². The number of carboxylic acids is 1. The lowest BCUT2D eigenvalue weighted by atomic mass is 10.2. The van der Waals surface area contributed by atoms with E-state index in [-0.39, 0.29) is 24.3 Å². The Bertz CT molecular complexity index is 551. The molecule has 0 saturated carbocycles. The zero-order chi connectivity index (χ0) is 15.8. The van der Waals surface area contributed by atoms with Gasteiger partial charge in [0, 0.05) is 11.3 Å². The van der Waals surface area contributed by atoms with Gasteiger partial charge in [0.15, 0.2) is 0 Å². The van der Waals surface area contributed by atoms with E-state index in [9.17, 15) is 14.4 Å². The van der Waals surface area contributed by atoms with Crippen LogP contribution in [0.25, 0.3) is 0 Å². The Hall–Kier alpha value is -2.83. The third-order valence-electron chi connectivity index (χ3n) is 2.36. The molecule has 21 heavy (non-hydrogen) atoms. The first-order valence-corrected chi connectivity index (χ1v) is 6.11. The number of benzene rings is 1. The fraction of sp³-hybridized carbons (Fsp3) is 0.214. The van der Waals surface area contributed by atoms with Crippen molar-refractivity contribution in [1.29, 1.82) is 0 Å². The summed E-state index contributed by atoms with van der Waals surface area (Å²) in [4.78, 5) is 33.2. The molecule has 1 rings (SSSR count). The van der Waals surface area contributed by atoms with Gasteiger partial charge in [-0.15, -0.1) is 0 Å². The van der Waals surface area contributed by atoms with Crippen LogP contribution in [0.15, 0.2) is 36.4 Å². The minimum atomic E-state index is -1.04. The van der Waals surface area contributed by atoms with Gasteiger partial charge >= 0.3 is 18.0 Å². The number of rotatable bonds is 6. The predicted molar refractivity (Wildman–Crippen MR) is 76.2 cm³/mol. The van der Waals surface area contributed by atoms with Crippen LogP contribution in [0.3, 0.4) is 0 Å². The maximum absolute atomic E-state index is 11.5. The van der Waals surface area contributed by atoms with Crippen LogP contribution in [0.2, 0.25) is 0 Å². The zero-order valence-corrected chi connectivity index (χ0v) is 11.5. The number of hydrogen-bond acceptors (Lipinski definition) is 4. The third kappa shape index (κ3) is 5.77. The maximum Gasteiger partial charge on any atom is 0.335 e. The maximum atomic E-state index is 11.5. The summed E-state index contributed by atoms with van der Waals surface area (Å²) in [7, 11) is 0. The summed E-state index contributed by atoms with van der Waals surface area (Å²) in [6, 6.07) is 5.23. The average Bonchev–Trinajstić information content (AvgIpc) is 2.43. The highest BCUT2D eigenvalue weighted by atomic mass is 16.5. The molecule has 0 atom stereocenters. The number of ether oxygens (including phenoxy) is 1. The van der Waals surface area contributed by atoms with E-state index in [0.29, 0.717) is 5.69 Å². The number of carbonyl (C=O) groups excluding carboxylic acids is 2. The third-order valence-corrected chi connectivity index (χ3v) is 2.36. The van der Waals surface area contributed by atoms with Crippen molar-refractivity contribution < 1.29 is 24.2 Å². The van der Waals surface area contributed by atoms with Crippen molar-refractivity contribution in [2.24, 2.45) is 0 Å². The molecule has 0 unspecified atom stereocenters. The molecule has 3 N–H and O–H groups in total. The standard InChI is InChI=1S/C14H16N2O5/c1-9(2)13(19)21-8-7-15-14(20)16-11-5-3-10(4-6-11)12(17)18/h3-6H,1,7-8H2,2H3,(H,17,18)(H2,15,16,20). The van der Waals surface area contributed by atoms with Crippen LogP contribution >= 0.6 is 0 Å². The summed E-state index contributed by atoms with van der Waals surface area (Å²) < 4.78 is 4.80. The molecule has 7 heteroatoms. The molecule has 0 spiro atoms. The van der Waals surface area contributed by atoms with Gasteiger partial charge in [-0.2, -0.15) is 0 Å². The molecule has 0 fully saturated rings. The molecular formula is C14H16N2O5. The van der Waals surface area contributed by atoms with Crippen molar-refractivity contribution in [3.63, 3.8) is 0 Å². The van der Waals surface area contributed by atoms with Crippen LogP contribution in [-0.4, -0.2) is 36.2 Å². The quantitative estimate of drug-likeness (QED) is 0.420. The van der Waals surface area contributed by atoms with Gasteiger partial charge < -0.3 is 20.5 Å². The lowest BCUT2D eigenvalue weighted by molar-refractivity contribution is -0.138. The van der Waals surface area contributed by atoms with Gasteiger partial charge in [-0.1, -0.05) is 6.58 Å². The van der Waals surface area contributed by atoms with Gasteiger partial charge in [-0.05, 0) is 31.2 Å². The molecule has 0 aliphatic carbocycles. The molecule has 0 aromatic heterocycles. The minimum absolute atomic E-state index is 0.0388. The van der Waals surface area contributed by atoms with Crippen molar-refractivity contribution in [3.05, 3.63) is 42.0 Å². The van der Waals surface area contributed by atoms with E-state index in [1.807, 2.05) is 0 Å². The summed E-state index contributed by atoms with van der Waals surface area (Å²) in [6.45, 7) is 5.15. The number of hydrogen-bond donors (Lipinski definition) is 3. The Morgan fingerprint density at radius 2 is 1.86 bits per heavy atom. The number of carbonyl (C=O) groups is 3. The van der Waals surface area contributed by atoms with Crippen LogP contribution in [0, 0.1) is 0 Å². The topological polar surface area (TPSA) is 105 Å². The Balaban J connectivity index is 2.32. The molecule has 112 valence electrons. The van der Waals surface area contributed by atoms with E-state index in [1.165, 1.54) is 31.2 Å². The van der Waals surface area contributed by atoms with E-state index >= 15 is 0 Å². The van der Waals surface area contributed by atoms with E-state index in [0.717, 1.165) is 0 Å². The van der Waals surface area contributed by atoms with E-state index in [2.05, 4.69) is 17.2 Å². The van der Waals surface area contributed by atoms with Crippen molar-refractivity contribution in [2.75, 3.05) is 18.5 Å². The second kappa shape index (κ2) is 7.68.